The smallest absolute Gasteiger partial charge is 0.250 e. The quantitative estimate of drug-likeness (QED) is 0.503. The normalized spacial score (nSPS) is 41.7. The summed E-state index contributed by atoms with van der Waals surface area (Å²) >= 11 is 0. The Morgan fingerprint density at radius 1 is 1.47 bits per heavy atom. The van der Waals surface area contributed by atoms with Crippen LogP contribution in [0.2, 0.25) is 0 Å². The molecule has 0 aromatic rings. The number of ether oxygens (including phenoxy) is 1. The Morgan fingerprint density at radius 3 is 2.71 bits per heavy atom. The van der Waals surface area contributed by atoms with E-state index in [1.54, 1.807) is 0 Å². The lowest BCUT2D eigenvalue weighted by Gasteiger charge is -2.22. The second kappa shape index (κ2) is 4.52. The predicted molar refractivity (Wildman–Crippen MR) is 52.4 cm³/mol. The molecule has 1 saturated heterocycles. The van der Waals surface area contributed by atoms with Crippen LogP contribution in [-0.2, 0) is 14.3 Å². The molecule has 6 nitrogen and oxygen atoms in total. The molecule has 17 heavy (non-hydrogen) atoms. The van der Waals surface area contributed by atoms with Crippen molar-refractivity contribution in [3.05, 3.63) is 12.2 Å². The molecule has 5 unspecified atom stereocenters. The number of alkyl halides is 1. The number of amides is 2. The van der Waals surface area contributed by atoms with Gasteiger partial charge < -0.3 is 14.9 Å². The number of imide groups is 1. The number of rotatable bonds is 2. The van der Waals surface area contributed by atoms with Crippen LogP contribution >= 0.6 is 0 Å². The number of carbonyl (C=O) groups is 2. The number of nitrogens with one attached hydrogen (secondary N) is 1. The van der Waals surface area contributed by atoms with Crippen molar-refractivity contribution in [2.24, 2.45) is 5.92 Å². The Balaban J connectivity index is 2.16. The highest BCUT2D eigenvalue weighted by atomic mass is 19.1. The number of hydrogen-bond donors (Lipinski definition) is 3. The van der Waals surface area contributed by atoms with Crippen molar-refractivity contribution in [1.82, 2.24) is 5.32 Å². The predicted octanol–water partition coefficient (Wildman–Crippen LogP) is -1.73. The van der Waals surface area contributed by atoms with Crippen LogP contribution in [0.25, 0.3) is 0 Å². The van der Waals surface area contributed by atoms with Gasteiger partial charge in [0.2, 0.25) is 11.8 Å². The maximum atomic E-state index is 13.7. The monoisotopic (exact) mass is 245 g/mol. The van der Waals surface area contributed by atoms with E-state index in [1.165, 1.54) is 6.08 Å². The second-order valence-electron chi connectivity index (χ2n) is 4.00. The molecule has 1 fully saturated rings. The Labute approximate surface area is 96.1 Å². The first-order chi connectivity index (χ1) is 8.04. The van der Waals surface area contributed by atoms with Crippen LogP contribution in [0.1, 0.15) is 0 Å². The molecule has 7 heteroatoms. The Hall–Kier alpha value is -1.31. The number of hydrogen-bond acceptors (Lipinski definition) is 5. The largest absolute Gasteiger partial charge is 0.394 e. The lowest BCUT2D eigenvalue weighted by Crippen LogP contribution is -2.45. The first-order valence-corrected chi connectivity index (χ1v) is 5.16. The minimum absolute atomic E-state index is 0.533. The van der Waals surface area contributed by atoms with Gasteiger partial charge in [0.15, 0.2) is 6.17 Å². The van der Waals surface area contributed by atoms with Crippen LogP contribution in [-0.4, -0.2) is 53.1 Å². The molecule has 0 aromatic heterocycles. The van der Waals surface area contributed by atoms with Gasteiger partial charge in [0.05, 0.1) is 12.5 Å². The number of carbonyl (C=O) groups excluding carboxylic acids is 2. The minimum Gasteiger partial charge on any atom is -0.394 e. The molecule has 5 atom stereocenters. The molecule has 3 N–H and O–H groups in total. The zero-order valence-corrected chi connectivity index (χ0v) is 8.75. The molecule has 0 aromatic carbocycles. The summed E-state index contributed by atoms with van der Waals surface area (Å²) in [5.74, 6) is -2.22. The van der Waals surface area contributed by atoms with Gasteiger partial charge in [-0.15, -0.1) is 0 Å². The molecule has 0 saturated carbocycles. The zero-order valence-electron chi connectivity index (χ0n) is 8.75. The summed E-state index contributed by atoms with van der Waals surface area (Å²) in [5.41, 5.74) is 0. The molecule has 2 amide bonds. The van der Waals surface area contributed by atoms with E-state index in [1.807, 2.05) is 5.32 Å². The molecule has 0 spiro atoms. The summed E-state index contributed by atoms with van der Waals surface area (Å²) in [5, 5.41) is 20.3. The van der Waals surface area contributed by atoms with E-state index in [4.69, 9.17) is 9.84 Å². The molecule has 2 aliphatic rings. The highest BCUT2D eigenvalue weighted by Gasteiger charge is 2.49. The van der Waals surface area contributed by atoms with Gasteiger partial charge in [0.1, 0.15) is 18.3 Å². The second-order valence-corrected chi connectivity index (χ2v) is 4.00. The lowest BCUT2D eigenvalue weighted by atomic mass is 9.94. The van der Waals surface area contributed by atoms with Gasteiger partial charge in [-0.2, -0.15) is 0 Å². The molecule has 2 rings (SSSR count). The van der Waals surface area contributed by atoms with E-state index >= 15 is 0 Å². The van der Waals surface area contributed by atoms with E-state index in [-0.39, 0.29) is 0 Å². The van der Waals surface area contributed by atoms with E-state index < -0.39 is 48.8 Å². The van der Waals surface area contributed by atoms with Crippen molar-refractivity contribution >= 4 is 11.8 Å². The standard InChI is InChI=1S/C10H12FNO5/c11-7-8(15)5(3-13)17-9(7)4-1-2-6(14)12-10(4)16/h1-2,4-5,7-9,13,15H,3H2,(H,12,14,16). The van der Waals surface area contributed by atoms with Crippen molar-refractivity contribution in [2.45, 2.75) is 24.5 Å². The van der Waals surface area contributed by atoms with Crippen molar-refractivity contribution in [3.8, 4) is 0 Å². The molecule has 0 aliphatic carbocycles. The molecule has 0 bridgehead atoms. The minimum atomic E-state index is -1.78. The van der Waals surface area contributed by atoms with Crippen LogP contribution in [0.15, 0.2) is 12.2 Å². The summed E-state index contributed by atoms with van der Waals surface area (Å²) in [7, 11) is 0. The third-order valence-corrected chi connectivity index (χ3v) is 2.89. The highest BCUT2D eigenvalue weighted by Crippen LogP contribution is 2.30. The maximum absolute atomic E-state index is 13.7. The van der Waals surface area contributed by atoms with Crippen molar-refractivity contribution in [2.75, 3.05) is 6.61 Å². The average molecular weight is 245 g/mol. The fourth-order valence-electron chi connectivity index (χ4n) is 1.97. The van der Waals surface area contributed by atoms with Gasteiger partial charge in [0, 0.05) is 6.08 Å². The molecular formula is C10H12FNO5. The summed E-state index contributed by atoms with van der Waals surface area (Å²) in [4.78, 5) is 22.3. The third kappa shape index (κ3) is 2.08. The Kier molecular flexibility index (Phi) is 3.23. The lowest BCUT2D eigenvalue weighted by molar-refractivity contribution is -0.135. The Bertz CT molecular complexity index is 372. The molecule has 0 radical (unpaired) electrons. The zero-order chi connectivity index (χ0) is 12.6. The number of halogens is 1. The topological polar surface area (TPSA) is 95.9 Å². The third-order valence-electron chi connectivity index (χ3n) is 2.89. The first kappa shape index (κ1) is 12.2. The van der Waals surface area contributed by atoms with Gasteiger partial charge in [0.25, 0.3) is 0 Å². The van der Waals surface area contributed by atoms with E-state index in [9.17, 15) is 19.1 Å². The fraction of sp³-hybridized carbons (Fsp3) is 0.600. The van der Waals surface area contributed by atoms with Crippen LogP contribution in [0.5, 0.6) is 0 Å². The summed E-state index contributed by atoms with van der Waals surface area (Å²) in [6, 6.07) is 0. The van der Waals surface area contributed by atoms with Gasteiger partial charge in [-0.05, 0) is 0 Å². The Morgan fingerprint density at radius 2 is 2.18 bits per heavy atom. The van der Waals surface area contributed by atoms with Crippen LogP contribution in [0.3, 0.4) is 0 Å². The maximum Gasteiger partial charge on any atom is 0.250 e. The van der Waals surface area contributed by atoms with Gasteiger partial charge in [-0.1, -0.05) is 6.08 Å². The molecule has 94 valence electrons. The van der Waals surface area contributed by atoms with Crippen LogP contribution in [0, 0.1) is 5.92 Å². The van der Waals surface area contributed by atoms with Gasteiger partial charge in [-0.3, -0.25) is 14.9 Å². The summed E-state index contributed by atoms with van der Waals surface area (Å²) in [6.07, 6.45) is -3.13. The van der Waals surface area contributed by atoms with E-state index in [0.717, 1.165) is 6.08 Å². The summed E-state index contributed by atoms with van der Waals surface area (Å²) < 4.78 is 18.8. The van der Waals surface area contributed by atoms with Crippen molar-refractivity contribution in [3.63, 3.8) is 0 Å². The molecule has 2 heterocycles. The van der Waals surface area contributed by atoms with Crippen LogP contribution < -0.4 is 5.32 Å². The number of aliphatic hydroxyl groups is 2. The van der Waals surface area contributed by atoms with Crippen molar-refractivity contribution in [1.29, 1.82) is 0 Å². The van der Waals surface area contributed by atoms with Gasteiger partial charge in [-0.25, -0.2) is 4.39 Å². The van der Waals surface area contributed by atoms with Crippen LogP contribution in [0.4, 0.5) is 4.39 Å². The fourth-order valence-corrected chi connectivity index (χ4v) is 1.97. The highest BCUT2D eigenvalue weighted by molar-refractivity contribution is 6.05. The van der Waals surface area contributed by atoms with Crippen molar-refractivity contribution < 1.29 is 28.9 Å². The molecule has 2 aliphatic heterocycles. The van der Waals surface area contributed by atoms with E-state index in [0.29, 0.717) is 0 Å². The number of aliphatic hydroxyl groups excluding tert-OH is 2. The first-order valence-electron chi connectivity index (χ1n) is 5.16. The van der Waals surface area contributed by atoms with Gasteiger partial charge >= 0.3 is 0 Å². The van der Waals surface area contributed by atoms with E-state index in [2.05, 4.69) is 0 Å². The SMILES string of the molecule is O=C1C=CC(C2OC(CO)C(O)C2F)C(=O)N1. The molecular weight excluding hydrogens is 233 g/mol. The summed E-state index contributed by atoms with van der Waals surface area (Å²) in [6.45, 7) is -0.533. The average Bonchev–Trinajstić information content (AvgIpc) is 2.57.